The van der Waals surface area contributed by atoms with Crippen molar-refractivity contribution in [3.05, 3.63) is 0 Å². The molecule has 0 saturated heterocycles. The van der Waals surface area contributed by atoms with Crippen molar-refractivity contribution in [2.24, 2.45) is 0 Å². The van der Waals surface area contributed by atoms with Gasteiger partial charge in [-0.25, -0.2) is 0 Å². The predicted octanol–water partition coefficient (Wildman–Crippen LogP) is 2.83. The second kappa shape index (κ2) is 5.31. The molecule has 0 N–H and O–H groups in total. The summed E-state index contributed by atoms with van der Waals surface area (Å²) in [5.41, 5.74) is 0. The molecule has 0 fully saturated rings. The van der Waals surface area contributed by atoms with E-state index in [0.29, 0.717) is 13.2 Å². The molecule has 0 rings (SSSR count). The summed E-state index contributed by atoms with van der Waals surface area (Å²) in [6, 6.07) is 0. The van der Waals surface area contributed by atoms with Gasteiger partial charge in [0.05, 0.1) is 13.2 Å². The minimum absolute atomic E-state index is 0.0294. The van der Waals surface area contributed by atoms with Gasteiger partial charge in [-0.3, -0.25) is 9.13 Å². The van der Waals surface area contributed by atoms with Gasteiger partial charge in [-0.05, 0) is 13.8 Å². The zero-order valence-electron chi connectivity index (χ0n) is 8.65. The maximum absolute atomic E-state index is 11.6. The van der Waals surface area contributed by atoms with Crippen molar-refractivity contribution in [3.8, 4) is 0 Å². The van der Waals surface area contributed by atoms with Gasteiger partial charge < -0.3 is 9.05 Å². The van der Waals surface area contributed by atoms with Crippen LogP contribution < -0.4 is 0 Å². The predicted molar refractivity (Wildman–Crippen MR) is 55.2 cm³/mol. The van der Waals surface area contributed by atoms with Gasteiger partial charge in [-0.1, -0.05) is 0 Å². The lowest BCUT2D eigenvalue weighted by atomic mass is 10.9. The quantitative estimate of drug-likeness (QED) is 0.656. The van der Waals surface area contributed by atoms with Gasteiger partial charge in [0.25, 0.3) is 0 Å². The first kappa shape index (κ1) is 13.4. The van der Waals surface area contributed by atoms with Gasteiger partial charge in [0, 0.05) is 13.3 Å². The molecule has 0 aliphatic heterocycles. The fourth-order valence-corrected chi connectivity index (χ4v) is 6.57. The van der Waals surface area contributed by atoms with Crippen LogP contribution in [0.15, 0.2) is 0 Å². The van der Waals surface area contributed by atoms with E-state index >= 15 is 0 Å². The Balaban J connectivity index is 4.25. The van der Waals surface area contributed by atoms with Crippen molar-refractivity contribution >= 4 is 14.7 Å². The van der Waals surface area contributed by atoms with Crippen LogP contribution in [-0.2, 0) is 18.2 Å². The third-order valence-corrected chi connectivity index (χ3v) is 7.04. The van der Waals surface area contributed by atoms with Gasteiger partial charge in [0.2, 0.25) is 14.7 Å². The molecule has 0 heterocycles. The van der Waals surface area contributed by atoms with Crippen LogP contribution in [0.1, 0.15) is 13.8 Å². The van der Waals surface area contributed by atoms with Gasteiger partial charge in [0.1, 0.15) is 5.90 Å². The van der Waals surface area contributed by atoms with Crippen molar-refractivity contribution in [1.29, 1.82) is 0 Å². The molecule has 0 aromatic heterocycles. The summed E-state index contributed by atoms with van der Waals surface area (Å²) in [7, 11) is -5.46. The maximum atomic E-state index is 11.6. The van der Waals surface area contributed by atoms with E-state index in [1.54, 1.807) is 13.8 Å². The topological polar surface area (TPSA) is 52.6 Å². The molecule has 0 bridgehead atoms. The lowest BCUT2D eigenvalue weighted by molar-refractivity contribution is 0.327. The monoisotopic (exact) mass is 228 g/mol. The van der Waals surface area contributed by atoms with Crippen LogP contribution in [0.2, 0.25) is 0 Å². The van der Waals surface area contributed by atoms with Crippen LogP contribution in [0.5, 0.6) is 0 Å². The van der Waals surface area contributed by atoms with Gasteiger partial charge in [-0.15, -0.1) is 0 Å². The number of hydrogen-bond acceptors (Lipinski definition) is 4. The molecule has 2 unspecified atom stereocenters. The molecule has 0 aromatic carbocycles. The van der Waals surface area contributed by atoms with E-state index in [2.05, 4.69) is 0 Å². The van der Waals surface area contributed by atoms with Gasteiger partial charge in [-0.2, -0.15) is 0 Å². The fourth-order valence-electron chi connectivity index (χ4n) is 1.09. The second-order valence-electron chi connectivity index (χ2n) is 3.01. The second-order valence-corrected chi connectivity index (χ2v) is 8.71. The average molecular weight is 228 g/mol. The van der Waals surface area contributed by atoms with Crippen LogP contribution in [0.3, 0.4) is 0 Å². The summed E-state index contributed by atoms with van der Waals surface area (Å²) in [5.74, 6) is 0.0294. The molecule has 13 heavy (non-hydrogen) atoms. The Morgan fingerprint density at radius 2 is 1.23 bits per heavy atom. The molecule has 0 saturated carbocycles. The van der Waals surface area contributed by atoms with Crippen LogP contribution in [-0.4, -0.2) is 32.4 Å². The zero-order chi connectivity index (χ0) is 10.5. The lowest BCUT2D eigenvalue weighted by Crippen LogP contribution is -1.97. The summed E-state index contributed by atoms with van der Waals surface area (Å²) in [4.78, 5) is 0. The molecule has 2 atom stereocenters. The van der Waals surface area contributed by atoms with E-state index in [1.165, 1.54) is 13.3 Å². The van der Waals surface area contributed by atoms with E-state index in [4.69, 9.17) is 9.05 Å². The SMILES string of the molecule is CCOP(C)(=O)CP(C)(=O)OCC. The molecule has 0 aliphatic carbocycles. The third kappa shape index (κ3) is 6.45. The van der Waals surface area contributed by atoms with E-state index in [1.807, 2.05) is 0 Å². The van der Waals surface area contributed by atoms with E-state index in [9.17, 15) is 9.13 Å². The van der Waals surface area contributed by atoms with Crippen LogP contribution in [0.25, 0.3) is 0 Å². The Labute approximate surface area is 79.9 Å². The molecule has 80 valence electrons. The fraction of sp³-hybridized carbons (Fsp3) is 1.00. The maximum Gasteiger partial charge on any atom is 0.209 e. The van der Waals surface area contributed by atoms with E-state index in [0.717, 1.165) is 0 Å². The molecular weight excluding hydrogens is 210 g/mol. The smallest absolute Gasteiger partial charge is 0.209 e. The average Bonchev–Trinajstić information content (AvgIpc) is 1.82. The van der Waals surface area contributed by atoms with Crippen molar-refractivity contribution in [2.75, 3.05) is 32.4 Å². The van der Waals surface area contributed by atoms with Crippen molar-refractivity contribution < 1.29 is 18.2 Å². The minimum atomic E-state index is -2.73. The Morgan fingerprint density at radius 3 is 1.46 bits per heavy atom. The highest BCUT2D eigenvalue weighted by atomic mass is 31.2. The first-order valence-electron chi connectivity index (χ1n) is 4.25. The Hall–Kier alpha value is 0.380. The summed E-state index contributed by atoms with van der Waals surface area (Å²) in [6.45, 7) is 7.26. The highest BCUT2D eigenvalue weighted by molar-refractivity contribution is 7.75. The van der Waals surface area contributed by atoms with Crippen LogP contribution in [0, 0.1) is 0 Å². The molecule has 6 heteroatoms. The Kier molecular flexibility index (Phi) is 5.46. The largest absolute Gasteiger partial charge is 0.329 e. The molecule has 0 aromatic rings. The van der Waals surface area contributed by atoms with Crippen LogP contribution >= 0.6 is 14.7 Å². The van der Waals surface area contributed by atoms with E-state index < -0.39 is 14.7 Å². The Morgan fingerprint density at radius 1 is 0.923 bits per heavy atom. The summed E-state index contributed by atoms with van der Waals surface area (Å²) < 4.78 is 33.3. The normalized spacial score (nSPS) is 20.6. The Bertz CT molecular complexity index is 215. The van der Waals surface area contributed by atoms with Gasteiger partial charge in [0.15, 0.2) is 0 Å². The molecule has 0 spiro atoms. The standard InChI is InChI=1S/C7H18O4P2/c1-5-10-12(3,8)7-13(4,9)11-6-2/h5-7H2,1-4H3. The molecule has 0 radical (unpaired) electrons. The first-order valence-corrected chi connectivity index (χ1v) is 8.76. The lowest BCUT2D eigenvalue weighted by Gasteiger charge is -2.17. The molecule has 4 nitrogen and oxygen atoms in total. The summed E-state index contributed by atoms with van der Waals surface area (Å²) in [6.07, 6.45) is 0. The first-order chi connectivity index (χ1) is 5.83. The molecule has 0 amide bonds. The summed E-state index contributed by atoms with van der Waals surface area (Å²) >= 11 is 0. The van der Waals surface area contributed by atoms with Gasteiger partial charge >= 0.3 is 0 Å². The highest BCUT2D eigenvalue weighted by Crippen LogP contribution is 2.58. The molecular formula is C7H18O4P2. The minimum Gasteiger partial charge on any atom is -0.329 e. The molecule has 0 aliphatic rings. The number of hydrogen-bond donors (Lipinski definition) is 0. The zero-order valence-corrected chi connectivity index (χ0v) is 10.4. The van der Waals surface area contributed by atoms with Crippen molar-refractivity contribution in [3.63, 3.8) is 0 Å². The van der Waals surface area contributed by atoms with E-state index in [-0.39, 0.29) is 5.90 Å². The third-order valence-electron chi connectivity index (χ3n) is 1.32. The highest BCUT2D eigenvalue weighted by Gasteiger charge is 2.27. The van der Waals surface area contributed by atoms with Crippen molar-refractivity contribution in [1.82, 2.24) is 0 Å². The van der Waals surface area contributed by atoms with Crippen molar-refractivity contribution in [2.45, 2.75) is 13.8 Å². The summed E-state index contributed by atoms with van der Waals surface area (Å²) in [5, 5.41) is 0. The number of rotatable bonds is 6. The van der Waals surface area contributed by atoms with Crippen LogP contribution in [0.4, 0.5) is 0 Å².